The summed E-state index contributed by atoms with van der Waals surface area (Å²) in [5, 5.41) is 16.2. The van der Waals surface area contributed by atoms with Crippen LogP contribution in [0, 0.1) is 0 Å². The van der Waals surface area contributed by atoms with Crippen molar-refractivity contribution in [3.63, 3.8) is 0 Å². The molecule has 0 amide bonds. The van der Waals surface area contributed by atoms with E-state index in [-0.39, 0.29) is 6.04 Å². The Hall–Kier alpha value is -6.38. The van der Waals surface area contributed by atoms with Gasteiger partial charge in [-0.3, -0.25) is 0 Å². The van der Waals surface area contributed by atoms with E-state index in [0.29, 0.717) is 0 Å². The number of nitrogens with one attached hydrogen (secondary N) is 1. The van der Waals surface area contributed by atoms with Gasteiger partial charge < -0.3 is 9.73 Å². The second kappa shape index (κ2) is 10.1. The number of hydrogen-bond acceptors (Lipinski definition) is 2. The summed E-state index contributed by atoms with van der Waals surface area (Å²) in [6.45, 7) is 0. The van der Waals surface area contributed by atoms with E-state index in [1.165, 1.54) is 70.7 Å². The second-order valence-electron chi connectivity index (χ2n) is 13.3. The molecular weight excluding hydrogens is 595 g/mol. The first kappa shape index (κ1) is 26.7. The third-order valence-corrected chi connectivity index (χ3v) is 10.6. The van der Waals surface area contributed by atoms with Crippen molar-refractivity contribution in [2.45, 2.75) is 6.04 Å². The Labute approximate surface area is 282 Å². The van der Waals surface area contributed by atoms with E-state index in [1.54, 1.807) is 0 Å². The van der Waals surface area contributed by atoms with Crippen LogP contribution in [0.3, 0.4) is 0 Å². The fourth-order valence-electron chi connectivity index (χ4n) is 8.30. The van der Waals surface area contributed by atoms with Crippen molar-refractivity contribution in [1.82, 2.24) is 0 Å². The lowest BCUT2D eigenvalue weighted by atomic mass is 9.82. The molecule has 49 heavy (non-hydrogen) atoms. The monoisotopic (exact) mass is 623 g/mol. The van der Waals surface area contributed by atoms with Gasteiger partial charge in [-0.2, -0.15) is 0 Å². The zero-order valence-electron chi connectivity index (χ0n) is 26.6. The van der Waals surface area contributed by atoms with Crippen LogP contribution >= 0.6 is 0 Å². The van der Waals surface area contributed by atoms with Gasteiger partial charge in [0.05, 0.1) is 6.04 Å². The van der Waals surface area contributed by atoms with Gasteiger partial charge in [0.15, 0.2) is 0 Å². The first-order valence-corrected chi connectivity index (χ1v) is 17.0. The third-order valence-electron chi connectivity index (χ3n) is 10.6. The van der Waals surface area contributed by atoms with Gasteiger partial charge in [-0.25, -0.2) is 0 Å². The fraction of sp³-hybridized carbons (Fsp3) is 0.0213. The molecule has 2 heterocycles. The van der Waals surface area contributed by atoms with E-state index in [0.717, 1.165) is 33.4 Å². The van der Waals surface area contributed by atoms with Gasteiger partial charge in [-0.15, -0.1) is 0 Å². The van der Waals surface area contributed by atoms with Crippen LogP contribution in [0.15, 0.2) is 168 Å². The van der Waals surface area contributed by atoms with Gasteiger partial charge >= 0.3 is 0 Å². The van der Waals surface area contributed by atoms with Crippen molar-refractivity contribution in [2.24, 2.45) is 0 Å². The van der Waals surface area contributed by atoms with Crippen molar-refractivity contribution in [2.75, 3.05) is 5.32 Å². The van der Waals surface area contributed by atoms with Crippen molar-refractivity contribution in [1.29, 1.82) is 0 Å². The number of benzene rings is 9. The lowest BCUT2D eigenvalue weighted by Crippen LogP contribution is -2.18. The molecule has 0 aliphatic carbocycles. The summed E-state index contributed by atoms with van der Waals surface area (Å²) >= 11 is 0. The van der Waals surface area contributed by atoms with Gasteiger partial charge in [0.25, 0.3) is 0 Å². The zero-order chi connectivity index (χ0) is 32.1. The van der Waals surface area contributed by atoms with Crippen LogP contribution in [0.2, 0.25) is 0 Å². The maximum Gasteiger partial charge on any atom is 0.143 e. The Morgan fingerprint density at radius 3 is 1.92 bits per heavy atom. The predicted octanol–water partition coefficient (Wildman–Crippen LogP) is 13.0. The number of hydrogen-bond donors (Lipinski definition) is 1. The Morgan fingerprint density at radius 2 is 1.10 bits per heavy atom. The second-order valence-corrected chi connectivity index (χ2v) is 13.3. The molecule has 9 aromatic carbocycles. The number of rotatable bonds is 2. The first-order valence-electron chi connectivity index (χ1n) is 17.0. The number of anilines is 1. The molecule has 1 aromatic heterocycles. The Morgan fingerprint density at radius 1 is 0.449 bits per heavy atom. The van der Waals surface area contributed by atoms with Crippen LogP contribution in [0.5, 0.6) is 0 Å². The standard InChI is InChI=1S/C47H29NO/c1-3-13-31-26-42-40(23-29(31)11-1)44-36-18-7-5-10-28(36)20-21-38(44)46(48-42)35-17-9-16-33(22-35)39-25-34-15-6-8-19-37(34)45-41-24-30-12-2-4-14-32(30)27-43(41)49-47(39)45/h1-27,46,48H. The highest BCUT2D eigenvalue weighted by atomic mass is 16.3. The number of fused-ring (bicyclic) bond motifs is 12. The molecule has 0 fully saturated rings. The van der Waals surface area contributed by atoms with E-state index in [1.807, 2.05) is 0 Å². The maximum atomic E-state index is 6.82. The summed E-state index contributed by atoms with van der Waals surface area (Å²) < 4.78 is 6.82. The molecule has 0 spiro atoms. The van der Waals surface area contributed by atoms with Crippen molar-refractivity contribution < 1.29 is 4.42 Å². The highest BCUT2D eigenvalue weighted by Crippen LogP contribution is 2.49. The topological polar surface area (TPSA) is 25.2 Å². The molecule has 1 atom stereocenters. The summed E-state index contributed by atoms with van der Waals surface area (Å²) in [6.07, 6.45) is 0. The minimum absolute atomic E-state index is 0.0230. The quantitative estimate of drug-likeness (QED) is 0.207. The average Bonchev–Trinajstić information content (AvgIpc) is 3.54. The minimum atomic E-state index is -0.0230. The van der Waals surface area contributed by atoms with Gasteiger partial charge in [0.2, 0.25) is 0 Å². The van der Waals surface area contributed by atoms with E-state index in [9.17, 15) is 0 Å². The summed E-state index contributed by atoms with van der Waals surface area (Å²) in [4.78, 5) is 0. The SMILES string of the molecule is c1cc(-c2cc3ccccc3c3c2oc2cc4ccccc4cc23)cc(C2Nc3cc4ccccc4cc3-c3c2ccc2ccccc32)c1. The highest BCUT2D eigenvalue weighted by Gasteiger charge is 2.28. The summed E-state index contributed by atoms with van der Waals surface area (Å²) in [5.74, 6) is 0. The number of furan rings is 1. The van der Waals surface area contributed by atoms with Crippen molar-refractivity contribution >= 4 is 70.7 Å². The first-order chi connectivity index (χ1) is 24.3. The fourth-order valence-corrected chi connectivity index (χ4v) is 8.30. The lowest BCUT2D eigenvalue weighted by molar-refractivity contribution is 0.671. The summed E-state index contributed by atoms with van der Waals surface area (Å²) in [5.41, 5.74) is 10.3. The van der Waals surface area contributed by atoms with Gasteiger partial charge in [-0.05, 0) is 102 Å². The van der Waals surface area contributed by atoms with Crippen LogP contribution in [0.4, 0.5) is 5.69 Å². The molecule has 1 N–H and O–H groups in total. The molecule has 11 rings (SSSR count). The van der Waals surface area contributed by atoms with Crippen LogP contribution in [0.1, 0.15) is 17.2 Å². The Kier molecular flexibility index (Phi) is 5.47. The molecule has 0 bridgehead atoms. The zero-order valence-corrected chi connectivity index (χ0v) is 26.6. The molecule has 1 aliphatic rings. The molecule has 228 valence electrons. The highest BCUT2D eigenvalue weighted by molar-refractivity contribution is 6.24. The van der Waals surface area contributed by atoms with Gasteiger partial charge in [0.1, 0.15) is 11.2 Å². The van der Waals surface area contributed by atoms with E-state index in [2.05, 4.69) is 169 Å². The molecule has 10 aromatic rings. The summed E-state index contributed by atoms with van der Waals surface area (Å²) in [7, 11) is 0. The van der Waals surface area contributed by atoms with Crippen molar-refractivity contribution in [3.8, 4) is 22.3 Å². The molecule has 1 unspecified atom stereocenters. The molecule has 2 heteroatoms. The third kappa shape index (κ3) is 3.95. The van der Waals surface area contributed by atoms with Crippen LogP contribution in [0.25, 0.3) is 87.3 Å². The predicted molar refractivity (Wildman–Crippen MR) is 207 cm³/mol. The molecular formula is C47H29NO. The summed E-state index contributed by atoms with van der Waals surface area (Å²) in [6, 6.07) is 59.7. The molecule has 1 aliphatic heterocycles. The minimum Gasteiger partial charge on any atom is -0.455 e. The van der Waals surface area contributed by atoms with Crippen LogP contribution in [-0.4, -0.2) is 0 Å². The van der Waals surface area contributed by atoms with Crippen molar-refractivity contribution in [3.05, 3.63) is 175 Å². The van der Waals surface area contributed by atoms with E-state index < -0.39 is 0 Å². The lowest BCUT2D eigenvalue weighted by Gasteiger charge is -2.32. The molecule has 0 radical (unpaired) electrons. The Balaban J connectivity index is 1.14. The van der Waals surface area contributed by atoms with Crippen LogP contribution in [-0.2, 0) is 0 Å². The smallest absolute Gasteiger partial charge is 0.143 e. The van der Waals surface area contributed by atoms with Gasteiger partial charge in [-0.1, -0.05) is 127 Å². The Bertz CT molecular complexity index is 2980. The maximum absolute atomic E-state index is 6.82. The normalized spacial score (nSPS) is 14.1. The largest absolute Gasteiger partial charge is 0.455 e. The van der Waals surface area contributed by atoms with E-state index >= 15 is 0 Å². The molecule has 0 saturated carbocycles. The molecule has 0 saturated heterocycles. The average molecular weight is 624 g/mol. The van der Waals surface area contributed by atoms with E-state index in [4.69, 9.17) is 4.42 Å². The molecule has 2 nitrogen and oxygen atoms in total. The van der Waals surface area contributed by atoms with Gasteiger partial charge in [0, 0.05) is 27.6 Å². The van der Waals surface area contributed by atoms with Crippen LogP contribution < -0.4 is 5.32 Å².